The van der Waals surface area contributed by atoms with Crippen LogP contribution in [0.15, 0.2) is 53.5 Å². The number of thioether (sulfide) groups is 1. The van der Waals surface area contributed by atoms with Crippen LogP contribution >= 0.6 is 11.8 Å². The van der Waals surface area contributed by atoms with Gasteiger partial charge in [0.05, 0.1) is 6.54 Å². The molecule has 152 valence electrons. The van der Waals surface area contributed by atoms with E-state index in [-0.39, 0.29) is 24.6 Å². The second-order valence-electron chi connectivity index (χ2n) is 7.06. The molecule has 1 fully saturated rings. The number of rotatable bonds is 7. The van der Waals surface area contributed by atoms with E-state index in [1.807, 2.05) is 36.0 Å². The van der Waals surface area contributed by atoms with Gasteiger partial charge in [0.15, 0.2) is 5.65 Å². The molecule has 1 saturated heterocycles. The fourth-order valence-corrected chi connectivity index (χ4v) is 4.47. The molecule has 7 nitrogen and oxygen atoms in total. The molecule has 8 heteroatoms. The Bertz CT molecular complexity index is 1040. The topological polar surface area (TPSA) is 77.6 Å². The Balaban J connectivity index is 1.31. The van der Waals surface area contributed by atoms with E-state index in [1.54, 1.807) is 18.3 Å². The molecule has 0 unspecified atom stereocenters. The van der Waals surface area contributed by atoms with Gasteiger partial charge in [0.1, 0.15) is 0 Å². The molecule has 0 atom stereocenters. The highest BCUT2D eigenvalue weighted by molar-refractivity contribution is 7.99. The SMILES string of the molecule is O=C(CCn1nc2ccccn2c1=O)Nc1cccc(CSC2CCOCC2)c1. The molecule has 0 spiro atoms. The Morgan fingerprint density at radius 1 is 1.21 bits per heavy atom. The average molecular weight is 413 g/mol. The first-order valence-electron chi connectivity index (χ1n) is 9.81. The number of aryl methyl sites for hydroxylation is 1. The van der Waals surface area contributed by atoms with Crippen molar-refractivity contribution in [3.63, 3.8) is 0 Å². The molecule has 3 heterocycles. The first kappa shape index (κ1) is 19.7. The number of fused-ring (bicyclic) bond motifs is 1. The van der Waals surface area contributed by atoms with Crippen LogP contribution in [0.5, 0.6) is 0 Å². The molecule has 1 N–H and O–H groups in total. The molecular formula is C21H24N4O3S. The number of nitrogens with one attached hydrogen (secondary N) is 1. The zero-order chi connectivity index (χ0) is 20.1. The summed E-state index contributed by atoms with van der Waals surface area (Å²) in [6.45, 7) is 1.94. The lowest BCUT2D eigenvalue weighted by Crippen LogP contribution is -2.24. The van der Waals surface area contributed by atoms with Crippen molar-refractivity contribution in [1.82, 2.24) is 14.2 Å². The zero-order valence-electron chi connectivity index (χ0n) is 16.1. The maximum Gasteiger partial charge on any atom is 0.350 e. The molecule has 29 heavy (non-hydrogen) atoms. The first-order chi connectivity index (χ1) is 14.2. The summed E-state index contributed by atoms with van der Waals surface area (Å²) in [4.78, 5) is 24.6. The van der Waals surface area contributed by atoms with Gasteiger partial charge in [-0.2, -0.15) is 11.8 Å². The number of anilines is 1. The third-order valence-electron chi connectivity index (χ3n) is 4.90. The number of hydrogen-bond donors (Lipinski definition) is 1. The molecule has 1 amide bonds. The van der Waals surface area contributed by atoms with Crippen molar-refractivity contribution in [2.24, 2.45) is 0 Å². The molecule has 2 aromatic heterocycles. The Kier molecular flexibility index (Phi) is 6.31. The van der Waals surface area contributed by atoms with Gasteiger partial charge in [-0.25, -0.2) is 9.48 Å². The summed E-state index contributed by atoms with van der Waals surface area (Å²) in [6.07, 6.45) is 4.06. The van der Waals surface area contributed by atoms with E-state index in [9.17, 15) is 9.59 Å². The maximum absolute atomic E-state index is 12.3. The highest BCUT2D eigenvalue weighted by Crippen LogP contribution is 2.26. The normalized spacial score (nSPS) is 14.9. The van der Waals surface area contributed by atoms with Gasteiger partial charge in [-0.3, -0.25) is 9.20 Å². The van der Waals surface area contributed by atoms with Crippen LogP contribution in [-0.4, -0.2) is 38.6 Å². The Labute approximate surface area is 173 Å². The van der Waals surface area contributed by atoms with Gasteiger partial charge in [0.25, 0.3) is 0 Å². The lowest BCUT2D eigenvalue weighted by Gasteiger charge is -2.21. The molecule has 0 bridgehead atoms. The maximum atomic E-state index is 12.3. The molecule has 1 aromatic carbocycles. The summed E-state index contributed by atoms with van der Waals surface area (Å²) in [5, 5.41) is 7.82. The fourth-order valence-electron chi connectivity index (χ4n) is 3.34. The number of aromatic nitrogens is 3. The third-order valence-corrected chi connectivity index (χ3v) is 6.35. The number of pyridine rings is 1. The minimum Gasteiger partial charge on any atom is -0.381 e. The zero-order valence-corrected chi connectivity index (χ0v) is 16.9. The van der Waals surface area contributed by atoms with Crippen molar-refractivity contribution in [2.75, 3.05) is 18.5 Å². The van der Waals surface area contributed by atoms with E-state index in [0.717, 1.165) is 37.5 Å². The van der Waals surface area contributed by atoms with Crippen LogP contribution in [0.1, 0.15) is 24.8 Å². The van der Waals surface area contributed by atoms with Gasteiger partial charge in [-0.1, -0.05) is 18.2 Å². The number of carbonyl (C=O) groups excluding carboxylic acids is 1. The fraction of sp³-hybridized carbons (Fsp3) is 0.381. The average Bonchev–Trinajstić information content (AvgIpc) is 3.08. The van der Waals surface area contributed by atoms with Gasteiger partial charge >= 0.3 is 5.69 Å². The predicted molar refractivity (Wildman–Crippen MR) is 114 cm³/mol. The van der Waals surface area contributed by atoms with Crippen LogP contribution in [0.3, 0.4) is 0 Å². The van der Waals surface area contributed by atoms with Crippen molar-refractivity contribution < 1.29 is 9.53 Å². The van der Waals surface area contributed by atoms with Crippen LogP contribution < -0.4 is 11.0 Å². The Morgan fingerprint density at radius 3 is 2.90 bits per heavy atom. The van der Waals surface area contributed by atoms with Crippen molar-refractivity contribution in [3.8, 4) is 0 Å². The Hall–Kier alpha value is -2.58. The Morgan fingerprint density at radius 2 is 2.07 bits per heavy atom. The minimum atomic E-state index is -0.236. The first-order valence-corrected chi connectivity index (χ1v) is 10.9. The summed E-state index contributed by atoms with van der Waals surface area (Å²) in [6, 6.07) is 13.3. The van der Waals surface area contributed by atoms with Gasteiger partial charge in [0.2, 0.25) is 5.91 Å². The van der Waals surface area contributed by atoms with Gasteiger partial charge < -0.3 is 10.1 Å². The van der Waals surface area contributed by atoms with E-state index in [2.05, 4.69) is 16.5 Å². The predicted octanol–water partition coefficient (Wildman–Crippen LogP) is 2.94. The van der Waals surface area contributed by atoms with Crippen molar-refractivity contribution in [2.45, 2.75) is 36.8 Å². The second kappa shape index (κ2) is 9.28. The van der Waals surface area contributed by atoms with E-state index in [0.29, 0.717) is 10.9 Å². The van der Waals surface area contributed by atoms with Crippen LogP contribution in [0, 0.1) is 0 Å². The number of nitrogens with zero attached hydrogens (tertiary/aromatic N) is 3. The number of benzene rings is 1. The van der Waals surface area contributed by atoms with Crippen LogP contribution in [0.2, 0.25) is 0 Å². The second-order valence-corrected chi connectivity index (χ2v) is 8.34. The lowest BCUT2D eigenvalue weighted by atomic mass is 10.2. The lowest BCUT2D eigenvalue weighted by molar-refractivity contribution is -0.116. The van der Waals surface area contributed by atoms with Crippen molar-refractivity contribution in [3.05, 3.63) is 64.7 Å². The van der Waals surface area contributed by atoms with Crippen molar-refractivity contribution >= 4 is 29.0 Å². The van der Waals surface area contributed by atoms with Crippen LogP contribution in [0.25, 0.3) is 5.65 Å². The van der Waals surface area contributed by atoms with Crippen LogP contribution in [0.4, 0.5) is 5.69 Å². The highest BCUT2D eigenvalue weighted by atomic mass is 32.2. The molecular weight excluding hydrogens is 388 g/mol. The minimum absolute atomic E-state index is 0.136. The smallest absolute Gasteiger partial charge is 0.350 e. The molecule has 1 aliphatic rings. The van der Waals surface area contributed by atoms with Gasteiger partial charge in [-0.05, 0) is 42.7 Å². The molecule has 3 aromatic rings. The van der Waals surface area contributed by atoms with E-state index >= 15 is 0 Å². The van der Waals surface area contributed by atoms with E-state index < -0.39 is 0 Å². The number of ether oxygens (including phenoxy) is 1. The summed E-state index contributed by atoms with van der Waals surface area (Å²) >= 11 is 1.95. The summed E-state index contributed by atoms with van der Waals surface area (Å²) in [5.74, 6) is 0.786. The molecule has 1 aliphatic heterocycles. The largest absolute Gasteiger partial charge is 0.381 e. The summed E-state index contributed by atoms with van der Waals surface area (Å²) in [5.41, 5.74) is 2.31. The van der Waals surface area contributed by atoms with Crippen LogP contribution in [-0.2, 0) is 21.8 Å². The number of amides is 1. The molecule has 4 rings (SSSR count). The monoisotopic (exact) mass is 412 g/mol. The standard InChI is InChI=1S/C21H24N4O3S/c26-20(7-11-25-21(27)24-10-2-1-6-19(24)23-25)22-17-5-3-4-16(14-17)15-29-18-8-12-28-13-9-18/h1-6,10,14,18H,7-9,11-13,15H2,(H,22,26). The van der Waals surface area contributed by atoms with Gasteiger partial charge in [-0.15, -0.1) is 5.10 Å². The summed E-state index contributed by atoms with van der Waals surface area (Å²) < 4.78 is 8.21. The highest BCUT2D eigenvalue weighted by Gasteiger charge is 2.14. The quantitative estimate of drug-likeness (QED) is 0.646. The molecule has 0 aliphatic carbocycles. The molecule has 0 radical (unpaired) electrons. The number of carbonyl (C=O) groups is 1. The van der Waals surface area contributed by atoms with Crippen molar-refractivity contribution in [1.29, 1.82) is 0 Å². The number of hydrogen-bond acceptors (Lipinski definition) is 5. The molecule has 0 saturated carbocycles. The third kappa shape index (κ3) is 5.07. The van der Waals surface area contributed by atoms with E-state index in [1.165, 1.54) is 14.6 Å². The van der Waals surface area contributed by atoms with Gasteiger partial charge in [0, 0.05) is 42.5 Å². The summed E-state index contributed by atoms with van der Waals surface area (Å²) in [7, 11) is 0. The van der Waals surface area contributed by atoms with E-state index in [4.69, 9.17) is 4.74 Å².